The van der Waals surface area contributed by atoms with E-state index in [4.69, 9.17) is 4.74 Å². The highest BCUT2D eigenvalue weighted by Gasteiger charge is 2.50. The molecule has 4 saturated carbocycles. The van der Waals surface area contributed by atoms with Crippen LogP contribution in [0.4, 0.5) is 0 Å². The monoisotopic (exact) mass is 385 g/mol. The zero-order valence-electron chi connectivity index (χ0n) is 15.8. The minimum atomic E-state index is 0.119. The van der Waals surface area contributed by atoms with Crippen molar-refractivity contribution < 1.29 is 9.53 Å². The van der Waals surface area contributed by atoms with Crippen LogP contribution in [-0.2, 0) is 4.79 Å². The summed E-state index contributed by atoms with van der Waals surface area (Å²) in [6.07, 6.45) is 8.33. The molecule has 6 rings (SSSR count). The van der Waals surface area contributed by atoms with Gasteiger partial charge in [-0.3, -0.25) is 4.79 Å². The second-order valence-electron chi connectivity index (χ2n) is 8.91. The third kappa shape index (κ3) is 3.44. The summed E-state index contributed by atoms with van der Waals surface area (Å²) >= 11 is 1.47. The van der Waals surface area contributed by atoms with Crippen LogP contribution in [0.15, 0.2) is 23.4 Å². The number of amides is 1. The molecular formula is C21H27N3O2S. The summed E-state index contributed by atoms with van der Waals surface area (Å²) in [7, 11) is 1.65. The van der Waals surface area contributed by atoms with Crippen LogP contribution in [0.25, 0.3) is 11.0 Å². The summed E-state index contributed by atoms with van der Waals surface area (Å²) in [6.45, 7) is 0.868. The van der Waals surface area contributed by atoms with Gasteiger partial charge in [-0.15, -0.1) is 0 Å². The molecule has 1 amide bonds. The molecule has 2 aromatic rings. The number of carbonyl (C=O) groups excluding carboxylic acids is 1. The van der Waals surface area contributed by atoms with Gasteiger partial charge in [0.05, 0.1) is 23.9 Å². The number of carbonyl (C=O) groups is 1. The lowest BCUT2D eigenvalue weighted by Gasteiger charge is -2.56. The van der Waals surface area contributed by atoms with Crippen molar-refractivity contribution in [1.29, 1.82) is 0 Å². The standard InChI is InChI=1S/C21H27N3O2S/c1-26-16-2-3-17-18(7-16)24-20(23-17)27-11-19(25)22-12-21-8-13-4-14(9-21)6-15(5-13)10-21/h2-3,7,13-15H,4-6,8-12H2,1H3,(H,22,25)(H,23,24). The number of ether oxygens (including phenoxy) is 1. The molecule has 0 radical (unpaired) electrons. The Morgan fingerprint density at radius 2 is 1.96 bits per heavy atom. The number of H-pyrrole nitrogens is 1. The Bertz CT molecular complexity index is 827. The Hall–Kier alpha value is -1.69. The summed E-state index contributed by atoms with van der Waals surface area (Å²) in [6, 6.07) is 5.76. The Morgan fingerprint density at radius 1 is 1.26 bits per heavy atom. The third-order valence-electron chi connectivity index (χ3n) is 6.83. The van der Waals surface area contributed by atoms with Gasteiger partial charge in [0.1, 0.15) is 5.75 Å². The molecule has 0 unspecified atom stereocenters. The van der Waals surface area contributed by atoms with E-state index in [9.17, 15) is 4.79 Å². The van der Waals surface area contributed by atoms with Crippen LogP contribution in [0.1, 0.15) is 38.5 Å². The molecule has 27 heavy (non-hydrogen) atoms. The maximum absolute atomic E-state index is 12.4. The first-order valence-corrected chi connectivity index (χ1v) is 11.0. The number of rotatable bonds is 6. The van der Waals surface area contributed by atoms with Gasteiger partial charge in [0, 0.05) is 12.6 Å². The number of hydrogen-bond acceptors (Lipinski definition) is 4. The first-order chi connectivity index (χ1) is 13.1. The number of benzene rings is 1. The third-order valence-corrected chi connectivity index (χ3v) is 7.71. The number of imidazole rings is 1. The van der Waals surface area contributed by atoms with Crippen LogP contribution in [-0.4, -0.2) is 35.3 Å². The summed E-state index contributed by atoms with van der Waals surface area (Å²) in [5.41, 5.74) is 2.23. The minimum Gasteiger partial charge on any atom is -0.497 e. The summed E-state index contributed by atoms with van der Waals surface area (Å²) in [4.78, 5) is 20.2. The molecule has 5 nitrogen and oxygen atoms in total. The van der Waals surface area contributed by atoms with E-state index >= 15 is 0 Å². The van der Waals surface area contributed by atoms with Gasteiger partial charge in [0.15, 0.2) is 5.16 Å². The van der Waals surface area contributed by atoms with Crippen molar-refractivity contribution in [3.8, 4) is 5.75 Å². The van der Waals surface area contributed by atoms with Gasteiger partial charge in [0.2, 0.25) is 5.91 Å². The van der Waals surface area contributed by atoms with Gasteiger partial charge >= 0.3 is 0 Å². The van der Waals surface area contributed by atoms with E-state index < -0.39 is 0 Å². The van der Waals surface area contributed by atoms with E-state index in [1.165, 1.54) is 50.3 Å². The minimum absolute atomic E-state index is 0.119. The van der Waals surface area contributed by atoms with Crippen LogP contribution >= 0.6 is 11.8 Å². The lowest BCUT2D eigenvalue weighted by Crippen LogP contribution is -2.51. The molecule has 1 aromatic heterocycles. The highest BCUT2D eigenvalue weighted by molar-refractivity contribution is 7.99. The number of nitrogens with one attached hydrogen (secondary N) is 2. The fourth-order valence-electron chi connectivity index (χ4n) is 6.14. The van der Waals surface area contributed by atoms with E-state index in [1.54, 1.807) is 7.11 Å². The molecule has 4 aliphatic carbocycles. The fourth-order valence-corrected chi connectivity index (χ4v) is 6.85. The average Bonchev–Trinajstić information content (AvgIpc) is 3.05. The van der Waals surface area contributed by atoms with Crippen molar-refractivity contribution in [1.82, 2.24) is 15.3 Å². The Labute approximate surface area is 164 Å². The molecule has 2 N–H and O–H groups in total. The zero-order valence-corrected chi connectivity index (χ0v) is 16.6. The van der Waals surface area contributed by atoms with Crippen molar-refractivity contribution in [3.63, 3.8) is 0 Å². The zero-order chi connectivity index (χ0) is 18.4. The topological polar surface area (TPSA) is 67.0 Å². The molecule has 0 atom stereocenters. The molecule has 4 aliphatic rings. The number of methoxy groups -OCH3 is 1. The van der Waals surface area contributed by atoms with Crippen molar-refractivity contribution in [2.45, 2.75) is 43.7 Å². The van der Waals surface area contributed by atoms with Gasteiger partial charge in [-0.25, -0.2) is 4.98 Å². The number of aromatic amines is 1. The van der Waals surface area contributed by atoms with Crippen LogP contribution in [0.5, 0.6) is 5.75 Å². The SMILES string of the molecule is COc1ccc2nc(SCC(=O)NCC34CC5CC(CC(C5)C3)C4)[nH]c2c1. The maximum atomic E-state index is 12.4. The Balaban J connectivity index is 1.16. The Morgan fingerprint density at radius 3 is 2.63 bits per heavy atom. The van der Waals surface area contributed by atoms with Crippen molar-refractivity contribution in [2.75, 3.05) is 19.4 Å². The molecule has 1 heterocycles. The molecule has 4 bridgehead atoms. The van der Waals surface area contributed by atoms with Gasteiger partial charge in [-0.2, -0.15) is 0 Å². The molecule has 144 valence electrons. The van der Waals surface area contributed by atoms with Crippen molar-refractivity contribution in [2.24, 2.45) is 23.2 Å². The molecule has 0 saturated heterocycles. The van der Waals surface area contributed by atoms with E-state index in [2.05, 4.69) is 15.3 Å². The molecule has 0 spiro atoms. The second kappa shape index (κ2) is 6.73. The molecule has 0 aliphatic heterocycles. The van der Waals surface area contributed by atoms with Gasteiger partial charge in [-0.1, -0.05) is 11.8 Å². The number of aromatic nitrogens is 2. The number of thioether (sulfide) groups is 1. The highest BCUT2D eigenvalue weighted by Crippen LogP contribution is 2.59. The van der Waals surface area contributed by atoms with Crippen molar-refractivity contribution >= 4 is 28.7 Å². The summed E-state index contributed by atoms with van der Waals surface area (Å²) in [5.74, 6) is 4.11. The van der Waals surface area contributed by atoms with E-state index in [1.807, 2.05) is 18.2 Å². The lowest BCUT2D eigenvalue weighted by molar-refractivity contribution is -0.120. The van der Waals surface area contributed by atoms with Crippen molar-refractivity contribution in [3.05, 3.63) is 18.2 Å². The normalized spacial score (nSPS) is 31.4. The molecule has 4 fully saturated rings. The predicted octanol–water partition coefficient (Wildman–Crippen LogP) is 4.00. The predicted molar refractivity (Wildman–Crippen MR) is 107 cm³/mol. The van der Waals surface area contributed by atoms with Gasteiger partial charge in [-0.05, 0) is 73.8 Å². The number of hydrogen-bond donors (Lipinski definition) is 2. The molecule has 6 heteroatoms. The van der Waals surface area contributed by atoms with Crippen LogP contribution in [0.3, 0.4) is 0 Å². The van der Waals surface area contributed by atoms with Gasteiger partial charge in [0.25, 0.3) is 0 Å². The molecule has 1 aromatic carbocycles. The fraction of sp³-hybridized carbons (Fsp3) is 0.619. The largest absolute Gasteiger partial charge is 0.497 e. The van der Waals surface area contributed by atoms with Crippen LogP contribution in [0.2, 0.25) is 0 Å². The highest BCUT2D eigenvalue weighted by atomic mass is 32.2. The van der Waals surface area contributed by atoms with Gasteiger partial charge < -0.3 is 15.0 Å². The summed E-state index contributed by atoms with van der Waals surface area (Å²) in [5, 5.41) is 4.02. The quantitative estimate of drug-likeness (QED) is 0.738. The lowest BCUT2D eigenvalue weighted by atomic mass is 9.49. The number of nitrogens with zero attached hydrogens (tertiary/aromatic N) is 1. The van der Waals surface area contributed by atoms with E-state index in [-0.39, 0.29) is 5.91 Å². The smallest absolute Gasteiger partial charge is 0.230 e. The number of fused-ring (bicyclic) bond motifs is 1. The first-order valence-electron chi connectivity index (χ1n) is 10.0. The maximum Gasteiger partial charge on any atom is 0.230 e. The van der Waals surface area contributed by atoms with E-state index in [0.29, 0.717) is 11.2 Å². The summed E-state index contributed by atoms with van der Waals surface area (Å²) < 4.78 is 5.24. The molecular weight excluding hydrogens is 358 g/mol. The average molecular weight is 386 g/mol. The first kappa shape index (κ1) is 17.4. The van der Waals surface area contributed by atoms with Crippen LogP contribution < -0.4 is 10.1 Å². The van der Waals surface area contributed by atoms with E-state index in [0.717, 1.165) is 46.2 Å². The van der Waals surface area contributed by atoms with Crippen LogP contribution in [0, 0.1) is 23.2 Å². The Kier molecular flexibility index (Phi) is 4.34. The second-order valence-corrected chi connectivity index (χ2v) is 9.87.